The highest BCUT2D eigenvalue weighted by atomic mass is 32.2. The Balaban J connectivity index is 2.66. The Kier molecular flexibility index (Phi) is 5.66. The number of carbonyl (C=O) groups is 2. The summed E-state index contributed by atoms with van der Waals surface area (Å²) in [5.74, 6) is -2.47. The number of carboxylic acids is 2. The second-order valence-corrected chi connectivity index (χ2v) is 7.54. The molecule has 0 spiro atoms. The zero-order chi connectivity index (χ0) is 19.5. The molecule has 0 aromatic heterocycles. The van der Waals surface area contributed by atoms with Crippen LogP contribution in [0.15, 0.2) is 47.4 Å². The van der Waals surface area contributed by atoms with E-state index < -0.39 is 22.0 Å². The normalized spacial score (nSPS) is 11.2. The van der Waals surface area contributed by atoms with Crippen LogP contribution in [0.25, 0.3) is 0 Å². The van der Waals surface area contributed by atoms with Gasteiger partial charge >= 0.3 is 11.9 Å². The van der Waals surface area contributed by atoms with Crippen LogP contribution >= 0.6 is 0 Å². The number of benzene rings is 2. The minimum absolute atomic E-state index is 0.0410. The average molecular weight is 377 g/mol. The van der Waals surface area contributed by atoms with Gasteiger partial charge < -0.3 is 10.2 Å². The van der Waals surface area contributed by atoms with Gasteiger partial charge in [0.1, 0.15) is 0 Å². The van der Waals surface area contributed by atoms with E-state index in [9.17, 15) is 28.2 Å². The predicted octanol–water partition coefficient (Wildman–Crippen LogP) is 3.00. The third-order valence-electron chi connectivity index (χ3n) is 3.86. The molecule has 2 rings (SSSR count). The topological polar surface area (TPSA) is 112 Å². The summed E-state index contributed by atoms with van der Waals surface area (Å²) in [5.41, 5.74) is 0.216. The lowest BCUT2D eigenvalue weighted by Gasteiger charge is -2.25. The number of rotatable bonds is 7. The molecule has 0 aliphatic carbocycles. The fraction of sp³-hybridized carbons (Fsp3) is 0.222. The van der Waals surface area contributed by atoms with Gasteiger partial charge in [0, 0.05) is 6.54 Å². The van der Waals surface area contributed by atoms with Gasteiger partial charge in [0.25, 0.3) is 10.0 Å². The summed E-state index contributed by atoms with van der Waals surface area (Å²) < 4.78 is 27.3. The van der Waals surface area contributed by atoms with Gasteiger partial charge in [0.15, 0.2) is 0 Å². The van der Waals surface area contributed by atoms with E-state index in [1.165, 1.54) is 30.3 Å². The van der Waals surface area contributed by atoms with Crippen molar-refractivity contribution in [1.29, 1.82) is 0 Å². The summed E-state index contributed by atoms with van der Waals surface area (Å²) in [5, 5.41) is 18.6. The first-order chi connectivity index (χ1) is 12.2. The molecule has 26 heavy (non-hydrogen) atoms. The molecule has 0 radical (unpaired) electrons. The second-order valence-electron chi connectivity index (χ2n) is 5.68. The van der Waals surface area contributed by atoms with Gasteiger partial charge in [0.2, 0.25) is 0 Å². The van der Waals surface area contributed by atoms with Crippen molar-refractivity contribution >= 4 is 27.6 Å². The molecule has 2 aromatic carbocycles. The first kappa shape index (κ1) is 19.5. The van der Waals surface area contributed by atoms with Crippen molar-refractivity contribution in [2.45, 2.75) is 25.2 Å². The van der Waals surface area contributed by atoms with Crippen LogP contribution in [0.3, 0.4) is 0 Å². The van der Waals surface area contributed by atoms with Crippen LogP contribution in [-0.4, -0.2) is 37.1 Å². The molecule has 0 atom stereocenters. The van der Waals surface area contributed by atoms with Crippen molar-refractivity contribution in [2.75, 3.05) is 10.8 Å². The molecule has 0 bridgehead atoms. The second kappa shape index (κ2) is 7.57. The highest BCUT2D eigenvalue weighted by molar-refractivity contribution is 7.92. The average Bonchev–Trinajstić information content (AvgIpc) is 2.59. The number of hydrogen-bond acceptors (Lipinski definition) is 4. The molecule has 2 aromatic rings. The molecule has 8 heteroatoms. The SMILES string of the molecule is CCCN(c1ccccc1C(=O)O)S(=O)(=O)c1ccc(C)c(C(=O)O)c1. The first-order valence-electron chi connectivity index (χ1n) is 7.89. The molecular formula is C18H19NO6S. The Hall–Kier alpha value is -2.87. The number of sulfonamides is 1. The van der Waals surface area contributed by atoms with Gasteiger partial charge in [-0.3, -0.25) is 4.31 Å². The van der Waals surface area contributed by atoms with E-state index in [2.05, 4.69) is 0 Å². The molecule has 7 nitrogen and oxygen atoms in total. The maximum Gasteiger partial charge on any atom is 0.337 e. The summed E-state index contributed by atoms with van der Waals surface area (Å²) in [4.78, 5) is 22.6. The molecule has 0 aliphatic heterocycles. The zero-order valence-electron chi connectivity index (χ0n) is 14.3. The van der Waals surface area contributed by atoms with Crippen molar-refractivity contribution in [1.82, 2.24) is 0 Å². The van der Waals surface area contributed by atoms with Crippen LogP contribution in [0, 0.1) is 6.92 Å². The van der Waals surface area contributed by atoms with Crippen LogP contribution in [0.2, 0.25) is 0 Å². The lowest BCUT2D eigenvalue weighted by molar-refractivity contribution is 0.0686. The van der Waals surface area contributed by atoms with E-state index in [1.807, 2.05) is 0 Å². The Morgan fingerprint density at radius 1 is 1.00 bits per heavy atom. The van der Waals surface area contributed by atoms with Gasteiger partial charge in [-0.1, -0.05) is 25.1 Å². The monoisotopic (exact) mass is 377 g/mol. The van der Waals surface area contributed by atoms with E-state index in [-0.39, 0.29) is 28.3 Å². The summed E-state index contributed by atoms with van der Waals surface area (Å²) in [6, 6.07) is 9.65. The Morgan fingerprint density at radius 2 is 1.62 bits per heavy atom. The third-order valence-corrected chi connectivity index (χ3v) is 5.67. The van der Waals surface area contributed by atoms with E-state index in [0.717, 1.165) is 10.4 Å². The van der Waals surface area contributed by atoms with Gasteiger partial charge in [-0.2, -0.15) is 0 Å². The standard InChI is InChI=1S/C18H19NO6S/c1-3-10-19(16-7-5-4-6-14(16)17(20)21)26(24,25)13-9-8-12(2)15(11-13)18(22)23/h4-9,11H,3,10H2,1-2H3,(H,20,21)(H,22,23). The first-order valence-corrected chi connectivity index (χ1v) is 9.33. The highest BCUT2D eigenvalue weighted by Crippen LogP contribution is 2.28. The lowest BCUT2D eigenvalue weighted by Crippen LogP contribution is -2.33. The molecular weight excluding hydrogens is 358 g/mol. The maximum absolute atomic E-state index is 13.1. The fourth-order valence-corrected chi connectivity index (χ4v) is 4.17. The van der Waals surface area contributed by atoms with Gasteiger partial charge in [-0.15, -0.1) is 0 Å². The summed E-state index contributed by atoms with van der Waals surface area (Å²) in [7, 11) is -4.14. The minimum atomic E-state index is -4.14. The Bertz CT molecular complexity index is 952. The van der Waals surface area contributed by atoms with Crippen molar-refractivity contribution in [3.05, 3.63) is 59.2 Å². The van der Waals surface area contributed by atoms with E-state index >= 15 is 0 Å². The van der Waals surface area contributed by atoms with Crippen LogP contribution in [0.1, 0.15) is 39.6 Å². The van der Waals surface area contributed by atoms with E-state index in [0.29, 0.717) is 12.0 Å². The third kappa shape index (κ3) is 3.70. The molecule has 0 heterocycles. The number of nitrogens with zero attached hydrogens (tertiary/aromatic N) is 1. The molecule has 138 valence electrons. The van der Waals surface area contributed by atoms with Crippen LogP contribution in [0.5, 0.6) is 0 Å². The van der Waals surface area contributed by atoms with Crippen LogP contribution < -0.4 is 4.31 Å². The smallest absolute Gasteiger partial charge is 0.337 e. The van der Waals surface area contributed by atoms with E-state index in [1.54, 1.807) is 19.9 Å². The lowest BCUT2D eigenvalue weighted by atomic mass is 10.1. The van der Waals surface area contributed by atoms with Crippen molar-refractivity contribution in [2.24, 2.45) is 0 Å². The number of aryl methyl sites for hydroxylation is 1. The van der Waals surface area contributed by atoms with Gasteiger partial charge in [-0.25, -0.2) is 18.0 Å². The van der Waals surface area contributed by atoms with Crippen molar-refractivity contribution in [3.63, 3.8) is 0 Å². The molecule has 0 saturated heterocycles. The molecule has 0 saturated carbocycles. The quantitative estimate of drug-likeness (QED) is 0.767. The van der Waals surface area contributed by atoms with Gasteiger partial charge in [-0.05, 0) is 43.2 Å². The summed E-state index contributed by atoms with van der Waals surface area (Å²) in [6.45, 7) is 3.40. The van der Waals surface area contributed by atoms with Crippen molar-refractivity contribution < 1.29 is 28.2 Å². The fourth-order valence-electron chi connectivity index (χ4n) is 2.56. The van der Waals surface area contributed by atoms with Crippen molar-refractivity contribution in [3.8, 4) is 0 Å². The summed E-state index contributed by atoms with van der Waals surface area (Å²) in [6.07, 6.45) is 0.449. The summed E-state index contributed by atoms with van der Waals surface area (Å²) >= 11 is 0. The number of hydrogen-bond donors (Lipinski definition) is 2. The predicted molar refractivity (Wildman–Crippen MR) is 96.4 cm³/mol. The largest absolute Gasteiger partial charge is 0.478 e. The number of anilines is 1. The molecule has 0 aliphatic rings. The van der Waals surface area contributed by atoms with Gasteiger partial charge in [0.05, 0.1) is 21.7 Å². The molecule has 0 fully saturated rings. The van der Waals surface area contributed by atoms with E-state index in [4.69, 9.17) is 0 Å². The minimum Gasteiger partial charge on any atom is -0.478 e. The maximum atomic E-state index is 13.1. The van der Waals surface area contributed by atoms with Crippen LogP contribution in [0.4, 0.5) is 5.69 Å². The zero-order valence-corrected chi connectivity index (χ0v) is 15.2. The highest BCUT2D eigenvalue weighted by Gasteiger charge is 2.28. The Labute approximate surface area is 151 Å². The molecule has 0 amide bonds. The number of para-hydroxylation sites is 1. The Morgan fingerprint density at radius 3 is 2.19 bits per heavy atom. The van der Waals surface area contributed by atoms with Crippen LogP contribution in [-0.2, 0) is 10.0 Å². The number of carboxylic acid groups (broad SMARTS) is 2. The molecule has 2 N–H and O–H groups in total. The molecule has 0 unspecified atom stereocenters. The number of aromatic carboxylic acids is 2.